The van der Waals surface area contributed by atoms with Crippen molar-refractivity contribution < 1.29 is 0 Å². The molecule has 0 spiro atoms. The summed E-state index contributed by atoms with van der Waals surface area (Å²) in [6.45, 7) is 8.25. The van der Waals surface area contributed by atoms with Crippen LogP contribution in [0.2, 0.25) is 5.15 Å². The SMILES string of the molecule is Cc1ccc(-c2nc(Cl)c(Br)c(C(C)(C)C)n2)nc1. The molecule has 0 saturated carbocycles. The number of pyridine rings is 1. The first-order valence-corrected chi connectivity index (χ1v) is 7.12. The van der Waals surface area contributed by atoms with Gasteiger partial charge in [0.2, 0.25) is 0 Å². The number of hydrogen-bond donors (Lipinski definition) is 0. The van der Waals surface area contributed by atoms with Gasteiger partial charge in [-0.3, -0.25) is 4.98 Å². The Labute approximate surface area is 126 Å². The second kappa shape index (κ2) is 5.17. The maximum atomic E-state index is 6.18. The van der Waals surface area contributed by atoms with Crippen LogP contribution in [0.25, 0.3) is 11.5 Å². The highest BCUT2D eigenvalue weighted by Gasteiger charge is 2.23. The van der Waals surface area contributed by atoms with Crippen molar-refractivity contribution in [1.82, 2.24) is 15.0 Å². The Kier molecular flexibility index (Phi) is 3.92. The fourth-order valence-electron chi connectivity index (χ4n) is 1.63. The minimum Gasteiger partial charge on any atom is -0.253 e. The van der Waals surface area contributed by atoms with Gasteiger partial charge in [0, 0.05) is 11.6 Å². The van der Waals surface area contributed by atoms with Gasteiger partial charge in [-0.2, -0.15) is 0 Å². The van der Waals surface area contributed by atoms with Crippen molar-refractivity contribution in [2.45, 2.75) is 33.1 Å². The summed E-state index contributed by atoms with van der Waals surface area (Å²) in [4.78, 5) is 13.2. The highest BCUT2D eigenvalue weighted by atomic mass is 79.9. The Morgan fingerprint density at radius 2 is 1.84 bits per heavy atom. The van der Waals surface area contributed by atoms with Gasteiger partial charge in [-0.05, 0) is 34.5 Å². The van der Waals surface area contributed by atoms with Gasteiger partial charge in [0.05, 0.1) is 10.2 Å². The Bertz CT molecular complexity index is 603. The Morgan fingerprint density at radius 3 is 2.37 bits per heavy atom. The number of aromatic nitrogens is 3. The molecule has 2 aromatic rings. The second-order valence-electron chi connectivity index (χ2n) is 5.47. The highest BCUT2D eigenvalue weighted by molar-refractivity contribution is 9.10. The molecule has 0 aliphatic heterocycles. The van der Waals surface area contributed by atoms with Crippen molar-refractivity contribution in [3.8, 4) is 11.5 Å². The predicted octanol–water partition coefficient (Wildman–Crippen LogP) is 4.56. The molecule has 0 unspecified atom stereocenters. The van der Waals surface area contributed by atoms with Crippen LogP contribution in [0.5, 0.6) is 0 Å². The Hall–Kier alpha value is -1.00. The van der Waals surface area contributed by atoms with E-state index in [9.17, 15) is 0 Å². The van der Waals surface area contributed by atoms with Crippen molar-refractivity contribution >= 4 is 27.5 Å². The third kappa shape index (κ3) is 3.12. The third-order valence-electron chi connectivity index (χ3n) is 2.66. The van der Waals surface area contributed by atoms with Crippen molar-refractivity contribution in [3.63, 3.8) is 0 Å². The molecule has 3 nitrogen and oxygen atoms in total. The van der Waals surface area contributed by atoms with E-state index in [-0.39, 0.29) is 5.41 Å². The monoisotopic (exact) mass is 339 g/mol. The number of halogens is 2. The summed E-state index contributed by atoms with van der Waals surface area (Å²) in [5.41, 5.74) is 2.59. The molecule has 0 fully saturated rings. The number of nitrogens with zero attached hydrogens (tertiary/aromatic N) is 3. The molecule has 0 bridgehead atoms. The van der Waals surface area contributed by atoms with Crippen LogP contribution in [-0.4, -0.2) is 15.0 Å². The fraction of sp³-hybridized carbons (Fsp3) is 0.357. The van der Waals surface area contributed by atoms with Gasteiger partial charge in [-0.1, -0.05) is 38.4 Å². The molecule has 2 heterocycles. The Balaban J connectivity index is 2.60. The quantitative estimate of drug-likeness (QED) is 0.714. The van der Waals surface area contributed by atoms with Crippen LogP contribution in [0.3, 0.4) is 0 Å². The van der Waals surface area contributed by atoms with Gasteiger partial charge >= 0.3 is 0 Å². The lowest BCUT2D eigenvalue weighted by molar-refractivity contribution is 0.564. The molecule has 0 aromatic carbocycles. The Morgan fingerprint density at radius 1 is 1.16 bits per heavy atom. The molecule has 2 aromatic heterocycles. The summed E-state index contributed by atoms with van der Waals surface area (Å²) in [6.07, 6.45) is 1.80. The molecule has 0 atom stereocenters. The molecule has 19 heavy (non-hydrogen) atoms. The number of rotatable bonds is 1. The molecule has 0 radical (unpaired) electrons. The van der Waals surface area contributed by atoms with E-state index in [1.807, 2.05) is 19.1 Å². The zero-order chi connectivity index (χ0) is 14.2. The van der Waals surface area contributed by atoms with Crippen molar-refractivity contribution in [3.05, 3.63) is 39.2 Å². The van der Waals surface area contributed by atoms with E-state index in [2.05, 4.69) is 51.7 Å². The van der Waals surface area contributed by atoms with E-state index in [4.69, 9.17) is 11.6 Å². The summed E-state index contributed by atoms with van der Waals surface area (Å²) in [5.74, 6) is 0.554. The molecular formula is C14H15BrClN3. The largest absolute Gasteiger partial charge is 0.253 e. The molecule has 0 saturated heterocycles. The van der Waals surface area contributed by atoms with E-state index in [0.29, 0.717) is 11.0 Å². The summed E-state index contributed by atoms with van der Waals surface area (Å²) in [5, 5.41) is 0.414. The predicted molar refractivity (Wildman–Crippen MR) is 81.4 cm³/mol. The standard InChI is InChI=1S/C14H15BrClN3/c1-8-5-6-9(17-7-8)13-18-11(14(2,3)4)10(15)12(16)19-13/h5-7H,1-4H3. The lowest BCUT2D eigenvalue weighted by Gasteiger charge is -2.20. The maximum absolute atomic E-state index is 6.18. The molecular weight excluding hydrogens is 326 g/mol. The summed E-state index contributed by atoms with van der Waals surface area (Å²) >= 11 is 9.64. The van der Waals surface area contributed by atoms with Gasteiger partial charge in [0.1, 0.15) is 10.8 Å². The summed E-state index contributed by atoms with van der Waals surface area (Å²) in [6, 6.07) is 3.89. The molecule has 5 heteroatoms. The maximum Gasteiger partial charge on any atom is 0.179 e. The van der Waals surface area contributed by atoms with Crippen molar-refractivity contribution in [2.24, 2.45) is 0 Å². The van der Waals surface area contributed by atoms with Gasteiger partial charge in [-0.15, -0.1) is 0 Å². The fourth-order valence-corrected chi connectivity index (χ4v) is 2.57. The van der Waals surface area contributed by atoms with Crippen LogP contribution in [0.1, 0.15) is 32.0 Å². The average Bonchev–Trinajstić information content (AvgIpc) is 2.32. The van der Waals surface area contributed by atoms with Crippen LogP contribution in [0.4, 0.5) is 0 Å². The molecule has 100 valence electrons. The number of aryl methyl sites for hydroxylation is 1. The smallest absolute Gasteiger partial charge is 0.179 e. The van der Waals surface area contributed by atoms with E-state index in [1.54, 1.807) is 6.20 Å². The zero-order valence-corrected chi connectivity index (χ0v) is 13.7. The van der Waals surface area contributed by atoms with E-state index in [0.717, 1.165) is 21.4 Å². The molecule has 0 aliphatic rings. The molecule has 0 N–H and O–H groups in total. The van der Waals surface area contributed by atoms with E-state index < -0.39 is 0 Å². The summed E-state index contributed by atoms with van der Waals surface area (Å²) < 4.78 is 0.748. The first-order valence-electron chi connectivity index (χ1n) is 5.95. The van der Waals surface area contributed by atoms with Crippen LogP contribution >= 0.6 is 27.5 Å². The second-order valence-corrected chi connectivity index (χ2v) is 6.62. The van der Waals surface area contributed by atoms with E-state index in [1.165, 1.54) is 0 Å². The van der Waals surface area contributed by atoms with Crippen molar-refractivity contribution in [2.75, 3.05) is 0 Å². The molecule has 0 aliphatic carbocycles. The minimum absolute atomic E-state index is 0.120. The van der Waals surface area contributed by atoms with Crippen LogP contribution in [-0.2, 0) is 5.41 Å². The lowest BCUT2D eigenvalue weighted by atomic mass is 9.92. The lowest BCUT2D eigenvalue weighted by Crippen LogP contribution is -2.16. The molecule has 0 amide bonds. The van der Waals surface area contributed by atoms with Crippen LogP contribution in [0, 0.1) is 6.92 Å². The average molecular weight is 341 g/mol. The first-order chi connectivity index (χ1) is 8.79. The highest BCUT2D eigenvalue weighted by Crippen LogP contribution is 2.33. The zero-order valence-electron chi connectivity index (χ0n) is 11.3. The van der Waals surface area contributed by atoms with Crippen molar-refractivity contribution in [1.29, 1.82) is 0 Å². The van der Waals surface area contributed by atoms with Gasteiger partial charge < -0.3 is 0 Å². The first kappa shape index (κ1) is 14.4. The molecule has 2 rings (SSSR count). The van der Waals surface area contributed by atoms with Gasteiger partial charge in [0.15, 0.2) is 5.82 Å². The third-order valence-corrected chi connectivity index (χ3v) is 3.91. The minimum atomic E-state index is -0.120. The normalized spacial score (nSPS) is 11.7. The summed E-state index contributed by atoms with van der Waals surface area (Å²) in [7, 11) is 0. The topological polar surface area (TPSA) is 38.7 Å². The number of hydrogen-bond acceptors (Lipinski definition) is 3. The van der Waals surface area contributed by atoms with Gasteiger partial charge in [-0.25, -0.2) is 9.97 Å². The van der Waals surface area contributed by atoms with Crippen LogP contribution < -0.4 is 0 Å². The van der Waals surface area contributed by atoms with Gasteiger partial charge in [0.25, 0.3) is 0 Å². The van der Waals surface area contributed by atoms with Crippen LogP contribution in [0.15, 0.2) is 22.8 Å². The van der Waals surface area contributed by atoms with E-state index >= 15 is 0 Å².